The van der Waals surface area contributed by atoms with E-state index in [0.29, 0.717) is 12.1 Å². The first-order valence-corrected chi connectivity index (χ1v) is 12.0. The number of nitrogens with one attached hydrogen (secondary N) is 1. The number of amides is 2. The molecule has 226 valence electrons. The van der Waals surface area contributed by atoms with Crippen molar-refractivity contribution in [3.05, 3.63) is 58.7 Å². The van der Waals surface area contributed by atoms with Crippen LogP contribution in [0.3, 0.4) is 0 Å². The first-order valence-electron chi connectivity index (χ1n) is 12.0. The highest BCUT2D eigenvalue weighted by molar-refractivity contribution is 5.89. The minimum atomic E-state index is -5.14. The Morgan fingerprint density at radius 1 is 0.976 bits per heavy atom. The summed E-state index contributed by atoms with van der Waals surface area (Å²) >= 11 is 0. The van der Waals surface area contributed by atoms with Crippen molar-refractivity contribution in [2.75, 3.05) is 23.4 Å². The standard InChI is InChI=1S/C25H24F9N3O4/c1-4-36(21(38)40-5-2)19-7-6-18(35-25(32,33)34)10-15(19)12-37-13(3)20(41-22(37)39)14-8-16(23(26,27)28)11-17(9-14)24(29,30)31/h6-11,13,20,35H,4-5,12H2,1-3H3/t13-,20-/m0/s1. The van der Waals surface area contributed by atoms with Gasteiger partial charge in [-0.25, -0.2) is 9.59 Å². The van der Waals surface area contributed by atoms with Gasteiger partial charge in [0.25, 0.3) is 0 Å². The summed E-state index contributed by atoms with van der Waals surface area (Å²) in [6.07, 6.45) is -18.7. The van der Waals surface area contributed by atoms with E-state index >= 15 is 0 Å². The van der Waals surface area contributed by atoms with Gasteiger partial charge in [-0.3, -0.25) is 15.1 Å². The van der Waals surface area contributed by atoms with Crippen LogP contribution in [-0.2, 0) is 28.4 Å². The van der Waals surface area contributed by atoms with E-state index in [9.17, 15) is 49.1 Å². The molecule has 0 spiro atoms. The number of nitrogens with zero attached hydrogens (tertiary/aromatic N) is 2. The van der Waals surface area contributed by atoms with Crippen molar-refractivity contribution in [3.8, 4) is 0 Å². The number of rotatable bonds is 7. The molecule has 1 saturated heterocycles. The molecule has 1 heterocycles. The summed E-state index contributed by atoms with van der Waals surface area (Å²) in [5.74, 6) is 0. The molecule has 0 saturated carbocycles. The molecule has 0 aromatic heterocycles. The molecule has 2 aromatic carbocycles. The van der Waals surface area contributed by atoms with Gasteiger partial charge in [0, 0.05) is 12.2 Å². The highest BCUT2D eigenvalue weighted by Gasteiger charge is 2.43. The van der Waals surface area contributed by atoms with Gasteiger partial charge >= 0.3 is 30.8 Å². The number of cyclic esters (lactones) is 1. The molecular weight excluding hydrogens is 577 g/mol. The quantitative estimate of drug-likeness (QED) is 0.260. The molecule has 16 heteroatoms. The second-order valence-corrected chi connectivity index (χ2v) is 8.92. The maximum Gasteiger partial charge on any atom is 0.482 e. The van der Waals surface area contributed by atoms with E-state index in [-0.39, 0.29) is 30.5 Å². The van der Waals surface area contributed by atoms with Crippen molar-refractivity contribution >= 4 is 23.6 Å². The molecular formula is C25H24F9N3O4. The van der Waals surface area contributed by atoms with Gasteiger partial charge in [0.2, 0.25) is 0 Å². The number of ether oxygens (including phenoxy) is 2. The third-order valence-corrected chi connectivity index (χ3v) is 6.13. The van der Waals surface area contributed by atoms with E-state index < -0.39 is 71.9 Å². The average molecular weight is 601 g/mol. The summed E-state index contributed by atoms with van der Waals surface area (Å²) in [6.45, 7) is 3.85. The van der Waals surface area contributed by atoms with E-state index in [2.05, 4.69) is 0 Å². The Balaban J connectivity index is 2.04. The molecule has 1 aliphatic rings. The maximum atomic E-state index is 13.4. The minimum Gasteiger partial charge on any atom is -0.449 e. The summed E-state index contributed by atoms with van der Waals surface area (Å²) in [5, 5.41) is 1.30. The van der Waals surface area contributed by atoms with E-state index in [1.54, 1.807) is 6.92 Å². The molecule has 7 nitrogen and oxygen atoms in total. The number of anilines is 2. The van der Waals surface area contributed by atoms with Crippen LogP contribution in [0, 0.1) is 0 Å². The van der Waals surface area contributed by atoms with Crippen LogP contribution in [0.2, 0.25) is 0 Å². The van der Waals surface area contributed by atoms with Crippen molar-refractivity contribution in [1.82, 2.24) is 4.90 Å². The predicted octanol–water partition coefficient (Wildman–Crippen LogP) is 7.72. The molecule has 1 fully saturated rings. The van der Waals surface area contributed by atoms with E-state index in [4.69, 9.17) is 9.47 Å². The normalized spacial score (nSPS) is 17.9. The van der Waals surface area contributed by atoms with Crippen LogP contribution in [0.5, 0.6) is 0 Å². The largest absolute Gasteiger partial charge is 0.482 e. The van der Waals surface area contributed by atoms with E-state index in [0.717, 1.165) is 21.9 Å². The lowest BCUT2D eigenvalue weighted by Crippen LogP contribution is -2.35. The zero-order valence-electron chi connectivity index (χ0n) is 21.7. The fourth-order valence-corrected chi connectivity index (χ4v) is 4.30. The fraction of sp³-hybridized carbons (Fsp3) is 0.440. The van der Waals surface area contributed by atoms with E-state index in [1.165, 1.54) is 25.2 Å². The molecule has 41 heavy (non-hydrogen) atoms. The Bertz CT molecular complexity index is 1250. The number of hydrogen-bond acceptors (Lipinski definition) is 5. The van der Waals surface area contributed by atoms with Crippen LogP contribution in [-0.4, -0.2) is 42.6 Å². The van der Waals surface area contributed by atoms with Crippen molar-refractivity contribution < 1.29 is 58.6 Å². The SMILES string of the molecule is CCOC(=O)N(CC)c1ccc(NC(F)(F)F)cc1CN1C(=O)O[C@H](c2cc(C(F)(F)F)cc(C(F)(F)F)c2)[C@@H]1C. The van der Waals surface area contributed by atoms with Crippen molar-refractivity contribution in [3.63, 3.8) is 0 Å². The van der Waals surface area contributed by atoms with E-state index in [1.807, 2.05) is 0 Å². The van der Waals surface area contributed by atoms with Crippen molar-refractivity contribution in [2.45, 2.75) is 58.1 Å². The lowest BCUT2D eigenvalue weighted by Gasteiger charge is -2.27. The third kappa shape index (κ3) is 7.47. The molecule has 0 unspecified atom stereocenters. The monoisotopic (exact) mass is 601 g/mol. The molecule has 1 aliphatic heterocycles. The van der Waals surface area contributed by atoms with Gasteiger partial charge in [-0.1, -0.05) is 0 Å². The molecule has 2 aromatic rings. The molecule has 2 amide bonds. The smallest absolute Gasteiger partial charge is 0.449 e. The number of halogens is 9. The topological polar surface area (TPSA) is 71.1 Å². The molecule has 2 atom stereocenters. The zero-order chi connectivity index (χ0) is 30.9. The Morgan fingerprint density at radius 2 is 1.56 bits per heavy atom. The Kier molecular flexibility index (Phi) is 8.93. The van der Waals surface area contributed by atoms with Crippen LogP contribution in [0.15, 0.2) is 36.4 Å². The summed E-state index contributed by atoms with van der Waals surface area (Å²) in [5.41, 5.74) is -4.21. The van der Waals surface area contributed by atoms with Gasteiger partial charge in [0.1, 0.15) is 6.10 Å². The second-order valence-electron chi connectivity index (χ2n) is 8.92. The van der Waals surface area contributed by atoms with Crippen molar-refractivity contribution in [2.24, 2.45) is 0 Å². The van der Waals surface area contributed by atoms with Gasteiger partial charge in [-0.15, -0.1) is 0 Å². The molecule has 1 N–H and O–H groups in total. The van der Waals surface area contributed by atoms with Crippen LogP contribution in [0.25, 0.3) is 0 Å². The van der Waals surface area contributed by atoms with Crippen LogP contribution in [0.1, 0.15) is 49.1 Å². The number of benzene rings is 2. The summed E-state index contributed by atoms with van der Waals surface area (Å²) in [4.78, 5) is 27.3. The van der Waals surface area contributed by atoms with Crippen LogP contribution in [0.4, 0.5) is 60.5 Å². The van der Waals surface area contributed by atoms with Crippen LogP contribution >= 0.6 is 0 Å². The lowest BCUT2D eigenvalue weighted by molar-refractivity contribution is -0.143. The lowest BCUT2D eigenvalue weighted by atomic mass is 9.97. The van der Waals surface area contributed by atoms with Gasteiger partial charge in [0.05, 0.1) is 36.0 Å². The molecule has 0 bridgehead atoms. The molecule has 0 radical (unpaired) electrons. The van der Waals surface area contributed by atoms with Gasteiger partial charge in [-0.2, -0.15) is 39.5 Å². The van der Waals surface area contributed by atoms with Crippen LogP contribution < -0.4 is 10.2 Å². The first-order chi connectivity index (χ1) is 18.9. The number of carbonyl (C=O) groups excluding carboxylic acids is 2. The first kappa shape index (κ1) is 31.7. The summed E-state index contributed by atoms with van der Waals surface area (Å²) in [7, 11) is 0. The number of alkyl halides is 9. The molecule has 3 rings (SSSR count). The second kappa shape index (κ2) is 11.6. The minimum absolute atomic E-state index is 0.00492. The Hall–Kier alpha value is -3.85. The van der Waals surface area contributed by atoms with Gasteiger partial charge in [0.15, 0.2) is 0 Å². The maximum absolute atomic E-state index is 13.4. The highest BCUT2D eigenvalue weighted by Crippen LogP contribution is 2.41. The zero-order valence-corrected chi connectivity index (χ0v) is 21.7. The Morgan fingerprint density at radius 3 is 2.05 bits per heavy atom. The van der Waals surface area contributed by atoms with Gasteiger partial charge < -0.3 is 9.47 Å². The highest BCUT2D eigenvalue weighted by atomic mass is 19.4. The molecule has 0 aliphatic carbocycles. The number of hydrogen-bond donors (Lipinski definition) is 1. The average Bonchev–Trinajstić information content (AvgIpc) is 3.12. The van der Waals surface area contributed by atoms with Crippen molar-refractivity contribution in [1.29, 1.82) is 0 Å². The summed E-state index contributed by atoms with van der Waals surface area (Å²) in [6, 6.07) is 2.85. The summed E-state index contributed by atoms with van der Waals surface area (Å²) < 4.78 is 129. The third-order valence-electron chi connectivity index (χ3n) is 6.13. The Labute approximate surface area is 227 Å². The number of carbonyl (C=O) groups is 2. The van der Waals surface area contributed by atoms with Gasteiger partial charge in [-0.05, 0) is 68.3 Å². The fourth-order valence-electron chi connectivity index (χ4n) is 4.30. The predicted molar refractivity (Wildman–Crippen MR) is 127 cm³/mol.